The minimum atomic E-state index is -0.289. The van der Waals surface area contributed by atoms with Gasteiger partial charge in [0.15, 0.2) is 0 Å². The number of benzene rings is 1. The lowest BCUT2D eigenvalue weighted by molar-refractivity contribution is 0.282. The highest BCUT2D eigenvalue weighted by Crippen LogP contribution is 2.26. The molecule has 0 saturated heterocycles. The van der Waals surface area contributed by atoms with Crippen LogP contribution in [0, 0.1) is 12.7 Å². The van der Waals surface area contributed by atoms with Crippen LogP contribution in [0.2, 0.25) is 0 Å². The molecule has 1 N–H and O–H groups in total. The van der Waals surface area contributed by atoms with E-state index < -0.39 is 0 Å². The van der Waals surface area contributed by atoms with Crippen LogP contribution in [0.5, 0.6) is 0 Å². The molecule has 3 heteroatoms. The second-order valence-electron chi connectivity index (χ2n) is 3.67. The molecule has 2 rings (SSSR count). The highest BCUT2D eigenvalue weighted by molar-refractivity contribution is 5.67. The molecule has 0 bridgehead atoms. The van der Waals surface area contributed by atoms with Crippen LogP contribution in [0.4, 0.5) is 4.39 Å². The van der Waals surface area contributed by atoms with Crippen molar-refractivity contribution in [1.29, 1.82) is 0 Å². The van der Waals surface area contributed by atoms with Crippen LogP contribution >= 0.6 is 0 Å². The van der Waals surface area contributed by atoms with Crippen molar-refractivity contribution in [2.45, 2.75) is 13.5 Å². The summed E-state index contributed by atoms with van der Waals surface area (Å²) < 4.78 is 13.7. The first-order chi connectivity index (χ1) is 7.72. The molecule has 16 heavy (non-hydrogen) atoms. The second kappa shape index (κ2) is 4.41. The Hall–Kier alpha value is -1.74. The summed E-state index contributed by atoms with van der Waals surface area (Å²) in [7, 11) is 0. The fourth-order valence-corrected chi connectivity index (χ4v) is 1.64. The molecule has 0 radical (unpaired) electrons. The number of hydrogen-bond acceptors (Lipinski definition) is 2. The van der Waals surface area contributed by atoms with Crippen LogP contribution in [0.15, 0.2) is 36.7 Å². The number of aromatic nitrogens is 1. The normalized spacial score (nSPS) is 10.4. The Kier molecular flexibility index (Phi) is 2.97. The number of aliphatic hydroxyl groups is 1. The molecule has 0 saturated carbocycles. The first-order valence-electron chi connectivity index (χ1n) is 5.02. The van der Waals surface area contributed by atoms with E-state index >= 15 is 0 Å². The van der Waals surface area contributed by atoms with E-state index in [1.807, 2.05) is 13.0 Å². The summed E-state index contributed by atoms with van der Waals surface area (Å²) in [6.45, 7) is 1.72. The maximum Gasteiger partial charge on any atom is 0.131 e. The SMILES string of the molecule is Cc1ccc(-c2cnccc2CO)c(F)c1. The Morgan fingerprint density at radius 3 is 2.75 bits per heavy atom. The van der Waals surface area contributed by atoms with Gasteiger partial charge in [0.05, 0.1) is 6.61 Å². The molecule has 0 atom stereocenters. The average molecular weight is 217 g/mol. The number of aryl methyl sites for hydroxylation is 1. The van der Waals surface area contributed by atoms with Crippen molar-refractivity contribution in [1.82, 2.24) is 4.98 Å². The lowest BCUT2D eigenvalue weighted by Gasteiger charge is -2.08. The molecule has 0 unspecified atom stereocenters. The fraction of sp³-hybridized carbons (Fsp3) is 0.154. The third-order valence-electron chi connectivity index (χ3n) is 2.50. The number of rotatable bonds is 2. The number of halogens is 1. The Bertz CT molecular complexity index is 511. The van der Waals surface area contributed by atoms with Crippen molar-refractivity contribution in [3.63, 3.8) is 0 Å². The average Bonchev–Trinajstić information content (AvgIpc) is 2.29. The zero-order valence-electron chi connectivity index (χ0n) is 8.94. The minimum Gasteiger partial charge on any atom is -0.392 e. The molecule has 1 aromatic carbocycles. The Morgan fingerprint density at radius 1 is 1.25 bits per heavy atom. The minimum absolute atomic E-state index is 0.120. The van der Waals surface area contributed by atoms with Gasteiger partial charge in [0.2, 0.25) is 0 Å². The standard InChI is InChI=1S/C13H12FNO/c1-9-2-3-11(13(14)6-9)12-7-15-5-4-10(12)8-16/h2-7,16H,8H2,1H3. The Balaban J connectivity index is 2.58. The monoisotopic (exact) mass is 217 g/mol. The van der Waals surface area contributed by atoms with Crippen LogP contribution in [0.25, 0.3) is 11.1 Å². The lowest BCUT2D eigenvalue weighted by atomic mass is 10.0. The summed E-state index contributed by atoms with van der Waals surface area (Å²) in [4.78, 5) is 3.96. The number of hydrogen-bond donors (Lipinski definition) is 1. The van der Waals surface area contributed by atoms with Gasteiger partial charge >= 0.3 is 0 Å². The van der Waals surface area contributed by atoms with E-state index in [2.05, 4.69) is 4.98 Å². The molecule has 82 valence electrons. The smallest absolute Gasteiger partial charge is 0.131 e. The molecular weight excluding hydrogens is 205 g/mol. The zero-order valence-corrected chi connectivity index (χ0v) is 8.94. The molecule has 1 heterocycles. The van der Waals surface area contributed by atoms with Crippen molar-refractivity contribution < 1.29 is 9.50 Å². The quantitative estimate of drug-likeness (QED) is 0.839. The van der Waals surface area contributed by atoms with Crippen molar-refractivity contribution in [2.24, 2.45) is 0 Å². The van der Waals surface area contributed by atoms with Crippen LogP contribution in [-0.4, -0.2) is 10.1 Å². The van der Waals surface area contributed by atoms with Crippen molar-refractivity contribution in [3.8, 4) is 11.1 Å². The summed E-state index contributed by atoms with van der Waals surface area (Å²) in [5.41, 5.74) is 2.67. The summed E-state index contributed by atoms with van der Waals surface area (Å²) in [6.07, 6.45) is 3.15. The number of pyridine rings is 1. The van der Waals surface area contributed by atoms with E-state index in [9.17, 15) is 9.50 Å². The van der Waals surface area contributed by atoms with Gasteiger partial charge in [-0.3, -0.25) is 4.98 Å². The van der Waals surface area contributed by atoms with Crippen LogP contribution in [0.3, 0.4) is 0 Å². The van der Waals surface area contributed by atoms with Gasteiger partial charge < -0.3 is 5.11 Å². The van der Waals surface area contributed by atoms with Gasteiger partial charge in [-0.05, 0) is 30.2 Å². The first-order valence-corrected chi connectivity index (χ1v) is 5.02. The van der Waals surface area contributed by atoms with Crippen LogP contribution < -0.4 is 0 Å². The van der Waals surface area contributed by atoms with E-state index in [1.165, 1.54) is 6.07 Å². The summed E-state index contributed by atoms with van der Waals surface area (Å²) >= 11 is 0. The van der Waals surface area contributed by atoms with Crippen LogP contribution in [0.1, 0.15) is 11.1 Å². The van der Waals surface area contributed by atoms with Gasteiger partial charge in [0, 0.05) is 23.5 Å². The maximum atomic E-state index is 13.7. The molecule has 0 spiro atoms. The van der Waals surface area contributed by atoms with Crippen molar-refractivity contribution >= 4 is 0 Å². The molecule has 1 aromatic heterocycles. The van der Waals surface area contributed by atoms with Crippen molar-refractivity contribution in [2.75, 3.05) is 0 Å². The topological polar surface area (TPSA) is 33.1 Å². The molecule has 0 aliphatic heterocycles. The summed E-state index contributed by atoms with van der Waals surface area (Å²) in [5.74, 6) is -0.289. The molecule has 2 aromatic rings. The molecule has 0 fully saturated rings. The van der Waals surface area contributed by atoms with Gasteiger partial charge in [0.1, 0.15) is 5.82 Å². The van der Waals surface area contributed by atoms with E-state index in [0.29, 0.717) is 16.7 Å². The predicted molar refractivity (Wildman–Crippen MR) is 60.3 cm³/mol. The summed E-state index contributed by atoms with van der Waals surface area (Å²) in [5, 5.41) is 9.18. The van der Waals surface area contributed by atoms with Crippen LogP contribution in [-0.2, 0) is 6.61 Å². The highest BCUT2D eigenvalue weighted by Gasteiger charge is 2.09. The lowest BCUT2D eigenvalue weighted by Crippen LogP contribution is -1.93. The predicted octanol–water partition coefficient (Wildman–Crippen LogP) is 2.69. The van der Waals surface area contributed by atoms with Gasteiger partial charge in [-0.2, -0.15) is 0 Å². The molecule has 0 aliphatic rings. The summed E-state index contributed by atoms with van der Waals surface area (Å²) in [6, 6.07) is 6.71. The molecule has 0 aliphatic carbocycles. The fourth-order valence-electron chi connectivity index (χ4n) is 1.64. The number of aliphatic hydroxyl groups excluding tert-OH is 1. The van der Waals surface area contributed by atoms with Gasteiger partial charge in [-0.15, -0.1) is 0 Å². The second-order valence-corrected chi connectivity index (χ2v) is 3.67. The van der Waals surface area contributed by atoms with E-state index in [4.69, 9.17) is 0 Å². The number of nitrogens with zero attached hydrogens (tertiary/aromatic N) is 1. The molecule has 2 nitrogen and oxygen atoms in total. The zero-order chi connectivity index (χ0) is 11.5. The maximum absolute atomic E-state index is 13.7. The third kappa shape index (κ3) is 1.95. The Morgan fingerprint density at radius 2 is 2.06 bits per heavy atom. The van der Waals surface area contributed by atoms with E-state index in [1.54, 1.807) is 24.5 Å². The third-order valence-corrected chi connectivity index (χ3v) is 2.50. The Labute approximate surface area is 93.4 Å². The molecule has 0 amide bonds. The first kappa shape index (κ1) is 10.8. The van der Waals surface area contributed by atoms with Gasteiger partial charge in [-0.1, -0.05) is 12.1 Å². The van der Waals surface area contributed by atoms with E-state index in [-0.39, 0.29) is 12.4 Å². The molecular formula is C13H12FNO. The van der Waals surface area contributed by atoms with Crippen molar-refractivity contribution in [3.05, 3.63) is 53.6 Å². The largest absolute Gasteiger partial charge is 0.392 e. The van der Waals surface area contributed by atoms with E-state index in [0.717, 1.165) is 5.56 Å². The van der Waals surface area contributed by atoms with Gasteiger partial charge in [-0.25, -0.2) is 4.39 Å². The highest BCUT2D eigenvalue weighted by atomic mass is 19.1. The van der Waals surface area contributed by atoms with Gasteiger partial charge in [0.25, 0.3) is 0 Å².